The van der Waals surface area contributed by atoms with Gasteiger partial charge in [-0.1, -0.05) is 6.07 Å². The summed E-state index contributed by atoms with van der Waals surface area (Å²) < 4.78 is 13.4. The highest BCUT2D eigenvalue weighted by Gasteiger charge is 2.22. The summed E-state index contributed by atoms with van der Waals surface area (Å²) in [7, 11) is 0. The normalized spacial score (nSPS) is 13.3. The average molecular weight is 273 g/mol. The standard InChI is InChI=1S/C14H12FN3O2/c15-10-2-1-9-3-4-17(14(9)5-10)12-6-11(16)7-13(8-12)18(19)20/h1-2,5-8H,3-4,16H2. The Bertz CT molecular complexity index is 703. The van der Waals surface area contributed by atoms with Crippen LogP contribution in [0.3, 0.4) is 0 Å². The third kappa shape index (κ3) is 2.05. The van der Waals surface area contributed by atoms with Gasteiger partial charge < -0.3 is 10.6 Å². The fraction of sp³-hybridized carbons (Fsp3) is 0.143. The molecular weight excluding hydrogens is 261 g/mol. The number of fused-ring (bicyclic) bond motifs is 1. The number of hydrogen-bond donors (Lipinski definition) is 1. The highest BCUT2D eigenvalue weighted by molar-refractivity contribution is 5.74. The molecule has 0 radical (unpaired) electrons. The predicted octanol–water partition coefficient (Wildman–Crippen LogP) is 3.01. The number of hydrogen-bond acceptors (Lipinski definition) is 4. The molecule has 1 aliphatic rings. The largest absolute Gasteiger partial charge is 0.398 e. The van der Waals surface area contributed by atoms with Crippen molar-refractivity contribution in [3.8, 4) is 0 Å². The maximum absolute atomic E-state index is 13.4. The van der Waals surface area contributed by atoms with Crippen LogP contribution in [0.15, 0.2) is 36.4 Å². The highest BCUT2D eigenvalue weighted by Crippen LogP contribution is 2.37. The van der Waals surface area contributed by atoms with Gasteiger partial charge in [0, 0.05) is 30.1 Å². The van der Waals surface area contributed by atoms with Gasteiger partial charge in [-0.15, -0.1) is 0 Å². The Kier molecular flexibility index (Phi) is 2.78. The fourth-order valence-electron chi connectivity index (χ4n) is 2.50. The molecule has 102 valence electrons. The van der Waals surface area contributed by atoms with Crippen LogP contribution in [0.5, 0.6) is 0 Å². The zero-order chi connectivity index (χ0) is 14.3. The molecule has 20 heavy (non-hydrogen) atoms. The van der Waals surface area contributed by atoms with E-state index in [4.69, 9.17) is 5.73 Å². The molecule has 2 aromatic rings. The van der Waals surface area contributed by atoms with E-state index in [1.165, 1.54) is 24.3 Å². The highest BCUT2D eigenvalue weighted by atomic mass is 19.1. The van der Waals surface area contributed by atoms with Gasteiger partial charge in [-0.25, -0.2) is 4.39 Å². The van der Waals surface area contributed by atoms with Crippen LogP contribution in [0, 0.1) is 15.9 Å². The van der Waals surface area contributed by atoms with Crippen molar-refractivity contribution >= 4 is 22.7 Å². The Morgan fingerprint density at radius 1 is 1.25 bits per heavy atom. The van der Waals surface area contributed by atoms with Gasteiger partial charge in [0.25, 0.3) is 5.69 Å². The van der Waals surface area contributed by atoms with Gasteiger partial charge in [-0.2, -0.15) is 0 Å². The van der Waals surface area contributed by atoms with Crippen LogP contribution < -0.4 is 10.6 Å². The number of non-ortho nitro benzene ring substituents is 1. The number of benzene rings is 2. The molecule has 0 atom stereocenters. The lowest BCUT2D eigenvalue weighted by atomic mass is 10.1. The molecule has 0 aliphatic carbocycles. The molecule has 1 aliphatic heterocycles. The van der Waals surface area contributed by atoms with Crippen molar-refractivity contribution in [2.45, 2.75) is 6.42 Å². The second kappa shape index (κ2) is 4.48. The quantitative estimate of drug-likeness (QED) is 0.518. The second-order valence-electron chi connectivity index (χ2n) is 4.71. The van der Waals surface area contributed by atoms with Gasteiger partial charge in [0.1, 0.15) is 5.82 Å². The minimum absolute atomic E-state index is 0.0650. The smallest absolute Gasteiger partial charge is 0.273 e. The maximum atomic E-state index is 13.4. The molecule has 0 aromatic heterocycles. The molecular formula is C14H12FN3O2. The summed E-state index contributed by atoms with van der Waals surface area (Å²) in [6.07, 6.45) is 0.776. The van der Waals surface area contributed by atoms with Gasteiger partial charge in [-0.05, 0) is 30.2 Å². The first-order chi connectivity index (χ1) is 9.54. The van der Waals surface area contributed by atoms with Crippen LogP contribution in [0.1, 0.15) is 5.56 Å². The summed E-state index contributed by atoms with van der Waals surface area (Å²) in [5.41, 5.74) is 8.34. The lowest BCUT2D eigenvalue weighted by Crippen LogP contribution is -2.14. The van der Waals surface area contributed by atoms with Gasteiger partial charge >= 0.3 is 0 Å². The van der Waals surface area contributed by atoms with E-state index in [9.17, 15) is 14.5 Å². The van der Waals surface area contributed by atoms with E-state index in [1.807, 2.05) is 4.90 Å². The number of nitrogens with zero attached hydrogens (tertiary/aromatic N) is 2. The van der Waals surface area contributed by atoms with E-state index in [1.54, 1.807) is 12.1 Å². The molecule has 6 heteroatoms. The van der Waals surface area contributed by atoms with Gasteiger partial charge in [0.15, 0.2) is 0 Å². The molecule has 3 rings (SSSR count). The Labute approximate surface area is 114 Å². The topological polar surface area (TPSA) is 72.4 Å². The van der Waals surface area contributed by atoms with Crippen LogP contribution in [0.2, 0.25) is 0 Å². The Morgan fingerprint density at radius 3 is 2.80 bits per heavy atom. The summed E-state index contributed by atoms with van der Waals surface area (Å²) in [5, 5.41) is 10.9. The van der Waals surface area contributed by atoms with E-state index in [-0.39, 0.29) is 11.5 Å². The van der Waals surface area contributed by atoms with E-state index in [0.717, 1.165) is 17.7 Å². The van der Waals surface area contributed by atoms with Crippen LogP contribution in [0.4, 0.5) is 27.1 Å². The van der Waals surface area contributed by atoms with Crippen LogP contribution in [-0.2, 0) is 6.42 Å². The molecule has 0 saturated carbocycles. The summed E-state index contributed by atoms with van der Waals surface area (Å²) >= 11 is 0. The number of nitrogens with two attached hydrogens (primary N) is 1. The first kappa shape index (κ1) is 12.4. The Balaban J connectivity index is 2.08. The number of nitro benzene ring substituents is 1. The lowest BCUT2D eigenvalue weighted by molar-refractivity contribution is -0.384. The molecule has 2 aromatic carbocycles. The predicted molar refractivity (Wildman–Crippen MR) is 74.6 cm³/mol. The number of nitrogen functional groups attached to an aromatic ring is 1. The summed E-state index contributed by atoms with van der Waals surface area (Å²) in [6, 6.07) is 9.03. The second-order valence-corrected chi connectivity index (χ2v) is 4.71. The van der Waals surface area contributed by atoms with Crippen LogP contribution >= 0.6 is 0 Å². The van der Waals surface area contributed by atoms with Gasteiger partial charge in [0.05, 0.1) is 10.6 Å². The molecule has 1 heterocycles. The molecule has 0 amide bonds. The summed E-state index contributed by atoms with van der Waals surface area (Å²) in [5.74, 6) is -0.325. The van der Waals surface area contributed by atoms with Crippen molar-refractivity contribution in [3.63, 3.8) is 0 Å². The molecule has 0 saturated heterocycles. The number of anilines is 3. The molecule has 0 spiro atoms. The van der Waals surface area contributed by atoms with Gasteiger partial charge in [-0.3, -0.25) is 10.1 Å². The van der Waals surface area contributed by atoms with Crippen molar-refractivity contribution in [2.75, 3.05) is 17.2 Å². The van der Waals surface area contributed by atoms with Crippen molar-refractivity contribution in [3.05, 3.63) is 57.9 Å². The first-order valence-electron chi connectivity index (χ1n) is 6.15. The Hall–Kier alpha value is -2.63. The van der Waals surface area contributed by atoms with Crippen molar-refractivity contribution < 1.29 is 9.31 Å². The van der Waals surface area contributed by atoms with Crippen molar-refractivity contribution in [2.24, 2.45) is 0 Å². The average Bonchev–Trinajstić information content (AvgIpc) is 2.80. The third-order valence-corrected chi connectivity index (χ3v) is 3.39. The SMILES string of the molecule is Nc1cc(N2CCc3ccc(F)cc32)cc([N+](=O)[O-])c1. The van der Waals surface area contributed by atoms with Crippen LogP contribution in [-0.4, -0.2) is 11.5 Å². The molecule has 0 bridgehead atoms. The van der Waals surface area contributed by atoms with Crippen molar-refractivity contribution in [1.82, 2.24) is 0 Å². The zero-order valence-electron chi connectivity index (χ0n) is 10.5. The monoisotopic (exact) mass is 273 g/mol. The van der Waals surface area contributed by atoms with Crippen molar-refractivity contribution in [1.29, 1.82) is 0 Å². The number of halogens is 1. The zero-order valence-corrected chi connectivity index (χ0v) is 10.5. The molecule has 0 unspecified atom stereocenters. The maximum Gasteiger partial charge on any atom is 0.273 e. The number of rotatable bonds is 2. The first-order valence-corrected chi connectivity index (χ1v) is 6.15. The van der Waals surface area contributed by atoms with Gasteiger partial charge in [0.2, 0.25) is 0 Å². The van der Waals surface area contributed by atoms with E-state index < -0.39 is 4.92 Å². The minimum atomic E-state index is -0.484. The van der Waals surface area contributed by atoms with E-state index in [0.29, 0.717) is 17.9 Å². The summed E-state index contributed by atoms with van der Waals surface area (Å²) in [6.45, 7) is 0.652. The summed E-state index contributed by atoms with van der Waals surface area (Å²) in [4.78, 5) is 12.3. The van der Waals surface area contributed by atoms with E-state index in [2.05, 4.69) is 0 Å². The minimum Gasteiger partial charge on any atom is -0.398 e. The molecule has 5 nitrogen and oxygen atoms in total. The fourth-order valence-corrected chi connectivity index (χ4v) is 2.50. The lowest BCUT2D eigenvalue weighted by Gasteiger charge is -2.19. The van der Waals surface area contributed by atoms with E-state index >= 15 is 0 Å². The molecule has 0 fully saturated rings. The van der Waals surface area contributed by atoms with Crippen LogP contribution in [0.25, 0.3) is 0 Å². The Morgan fingerprint density at radius 2 is 2.05 bits per heavy atom. The third-order valence-electron chi connectivity index (χ3n) is 3.39. The number of nitro groups is 1. The molecule has 2 N–H and O–H groups in total.